The van der Waals surface area contributed by atoms with Crippen molar-refractivity contribution in [3.05, 3.63) is 77.9 Å². The highest BCUT2D eigenvalue weighted by atomic mass is 15.1. The fourth-order valence-electron chi connectivity index (χ4n) is 2.98. The van der Waals surface area contributed by atoms with Crippen molar-refractivity contribution in [2.75, 3.05) is 13.1 Å². The van der Waals surface area contributed by atoms with E-state index in [9.17, 15) is 0 Å². The molecule has 122 valence electrons. The van der Waals surface area contributed by atoms with Crippen molar-refractivity contribution in [3.63, 3.8) is 0 Å². The SMILES string of the molecule is CCCN(CCC)C(/C=C/c1ccccc1)Cc1ccccc1. The molecule has 1 unspecified atom stereocenters. The van der Waals surface area contributed by atoms with Gasteiger partial charge in [0.15, 0.2) is 0 Å². The Kier molecular flexibility index (Phi) is 7.62. The molecule has 0 saturated heterocycles. The van der Waals surface area contributed by atoms with Crippen LogP contribution in [-0.4, -0.2) is 24.0 Å². The summed E-state index contributed by atoms with van der Waals surface area (Å²) >= 11 is 0. The van der Waals surface area contributed by atoms with Gasteiger partial charge in [0.2, 0.25) is 0 Å². The number of hydrogen-bond donors (Lipinski definition) is 0. The van der Waals surface area contributed by atoms with E-state index in [1.807, 2.05) is 0 Å². The zero-order valence-corrected chi connectivity index (χ0v) is 14.5. The van der Waals surface area contributed by atoms with Crippen LogP contribution in [0.25, 0.3) is 6.08 Å². The highest BCUT2D eigenvalue weighted by molar-refractivity contribution is 5.49. The maximum absolute atomic E-state index is 2.62. The quantitative estimate of drug-likeness (QED) is 0.597. The number of hydrogen-bond acceptors (Lipinski definition) is 1. The first-order valence-electron chi connectivity index (χ1n) is 8.84. The van der Waals surface area contributed by atoms with Gasteiger partial charge in [0.25, 0.3) is 0 Å². The van der Waals surface area contributed by atoms with E-state index in [1.165, 1.54) is 24.0 Å². The highest BCUT2D eigenvalue weighted by Crippen LogP contribution is 2.14. The van der Waals surface area contributed by atoms with Crippen LogP contribution in [0.3, 0.4) is 0 Å². The maximum Gasteiger partial charge on any atom is 0.0321 e. The predicted octanol–water partition coefficient (Wildman–Crippen LogP) is 5.43. The maximum atomic E-state index is 2.62. The van der Waals surface area contributed by atoms with E-state index in [1.54, 1.807) is 0 Å². The molecule has 0 aliphatic heterocycles. The lowest BCUT2D eigenvalue weighted by Gasteiger charge is -2.29. The molecule has 23 heavy (non-hydrogen) atoms. The average Bonchev–Trinajstić information content (AvgIpc) is 2.60. The minimum absolute atomic E-state index is 0.456. The van der Waals surface area contributed by atoms with Gasteiger partial charge in [-0.2, -0.15) is 0 Å². The largest absolute Gasteiger partial charge is 0.297 e. The van der Waals surface area contributed by atoms with Gasteiger partial charge in [0.1, 0.15) is 0 Å². The molecule has 1 heteroatoms. The first-order valence-corrected chi connectivity index (χ1v) is 8.84. The second-order valence-electron chi connectivity index (χ2n) is 6.06. The molecule has 0 fully saturated rings. The van der Waals surface area contributed by atoms with Gasteiger partial charge in [0.05, 0.1) is 0 Å². The standard InChI is InChI=1S/C22H29N/c1-3-17-23(18-4-2)22(19-21-13-9-6-10-14-21)16-15-20-11-7-5-8-12-20/h5-16,22H,3-4,17-19H2,1-2H3/b16-15+. The van der Waals surface area contributed by atoms with Crippen molar-refractivity contribution in [3.8, 4) is 0 Å². The molecule has 2 rings (SSSR count). The Morgan fingerprint density at radius 2 is 1.39 bits per heavy atom. The fourth-order valence-corrected chi connectivity index (χ4v) is 2.98. The van der Waals surface area contributed by atoms with Crippen LogP contribution in [0, 0.1) is 0 Å². The van der Waals surface area contributed by atoms with Crippen molar-refractivity contribution >= 4 is 6.08 Å². The highest BCUT2D eigenvalue weighted by Gasteiger charge is 2.14. The number of nitrogens with zero attached hydrogens (tertiary/aromatic N) is 1. The van der Waals surface area contributed by atoms with Crippen molar-refractivity contribution < 1.29 is 0 Å². The van der Waals surface area contributed by atoms with Gasteiger partial charge in [-0.05, 0) is 43.5 Å². The Balaban J connectivity index is 2.17. The van der Waals surface area contributed by atoms with E-state index >= 15 is 0 Å². The topological polar surface area (TPSA) is 3.24 Å². The van der Waals surface area contributed by atoms with Crippen molar-refractivity contribution in [2.45, 2.75) is 39.2 Å². The van der Waals surface area contributed by atoms with Crippen molar-refractivity contribution in [1.82, 2.24) is 4.90 Å². The van der Waals surface area contributed by atoms with Crippen molar-refractivity contribution in [1.29, 1.82) is 0 Å². The molecule has 0 aliphatic carbocycles. The van der Waals surface area contributed by atoms with Crippen molar-refractivity contribution in [2.24, 2.45) is 0 Å². The lowest BCUT2D eigenvalue weighted by atomic mass is 10.0. The summed E-state index contributed by atoms with van der Waals surface area (Å²) < 4.78 is 0. The van der Waals surface area contributed by atoms with Crippen LogP contribution < -0.4 is 0 Å². The van der Waals surface area contributed by atoms with Crippen LogP contribution in [0.15, 0.2) is 66.7 Å². The molecule has 2 aromatic rings. The number of benzene rings is 2. The second-order valence-corrected chi connectivity index (χ2v) is 6.06. The fraction of sp³-hybridized carbons (Fsp3) is 0.364. The van der Waals surface area contributed by atoms with Gasteiger partial charge in [-0.15, -0.1) is 0 Å². The summed E-state index contributed by atoms with van der Waals surface area (Å²) in [5, 5.41) is 0. The Hall–Kier alpha value is -1.86. The second kappa shape index (κ2) is 10.0. The smallest absolute Gasteiger partial charge is 0.0321 e. The lowest BCUT2D eigenvalue weighted by Crippen LogP contribution is -2.36. The Bertz CT molecular complexity index is 553. The van der Waals surface area contributed by atoms with E-state index < -0.39 is 0 Å². The van der Waals surface area contributed by atoms with Gasteiger partial charge in [-0.25, -0.2) is 0 Å². The molecule has 0 amide bonds. The van der Waals surface area contributed by atoms with E-state index in [0.29, 0.717) is 6.04 Å². The molecule has 0 radical (unpaired) electrons. The van der Waals surface area contributed by atoms with Crippen LogP contribution in [-0.2, 0) is 6.42 Å². The molecule has 0 bridgehead atoms. The van der Waals surface area contributed by atoms with Crippen LogP contribution in [0.2, 0.25) is 0 Å². The number of rotatable bonds is 9. The molecule has 0 saturated carbocycles. The summed E-state index contributed by atoms with van der Waals surface area (Å²) in [5.74, 6) is 0. The molecule has 0 aliphatic rings. The zero-order valence-electron chi connectivity index (χ0n) is 14.5. The molecule has 2 aromatic carbocycles. The first-order chi connectivity index (χ1) is 11.3. The summed E-state index contributed by atoms with van der Waals surface area (Å²) in [4.78, 5) is 2.62. The Morgan fingerprint density at radius 1 is 0.826 bits per heavy atom. The van der Waals surface area contributed by atoms with Gasteiger partial charge < -0.3 is 0 Å². The van der Waals surface area contributed by atoms with E-state index in [2.05, 4.69) is 91.6 Å². The molecule has 0 spiro atoms. The normalized spacial score (nSPS) is 12.8. The monoisotopic (exact) mass is 307 g/mol. The van der Waals surface area contributed by atoms with E-state index in [4.69, 9.17) is 0 Å². The third kappa shape index (κ3) is 6.03. The lowest BCUT2D eigenvalue weighted by molar-refractivity contribution is 0.229. The minimum atomic E-state index is 0.456. The minimum Gasteiger partial charge on any atom is -0.297 e. The van der Waals surface area contributed by atoms with E-state index in [0.717, 1.165) is 19.5 Å². The van der Waals surface area contributed by atoms with Crippen LogP contribution in [0.5, 0.6) is 0 Å². The van der Waals surface area contributed by atoms with Crippen LogP contribution in [0.4, 0.5) is 0 Å². The molecule has 1 atom stereocenters. The summed E-state index contributed by atoms with van der Waals surface area (Å²) in [6.07, 6.45) is 8.12. The molecule has 0 aromatic heterocycles. The Labute approximate surface area is 141 Å². The molecule has 1 nitrogen and oxygen atoms in total. The summed E-state index contributed by atoms with van der Waals surface area (Å²) in [6, 6.07) is 21.9. The van der Waals surface area contributed by atoms with E-state index in [-0.39, 0.29) is 0 Å². The third-order valence-electron chi connectivity index (χ3n) is 4.09. The third-order valence-corrected chi connectivity index (χ3v) is 4.09. The zero-order chi connectivity index (χ0) is 16.3. The average molecular weight is 307 g/mol. The molecular weight excluding hydrogens is 278 g/mol. The van der Waals surface area contributed by atoms with Gasteiger partial charge in [0, 0.05) is 6.04 Å². The summed E-state index contributed by atoms with van der Waals surface area (Å²) in [5.41, 5.74) is 2.69. The van der Waals surface area contributed by atoms with Gasteiger partial charge >= 0.3 is 0 Å². The summed E-state index contributed by atoms with van der Waals surface area (Å²) in [6.45, 7) is 6.85. The van der Waals surface area contributed by atoms with Gasteiger partial charge in [-0.1, -0.05) is 86.7 Å². The molecule has 0 heterocycles. The molecular formula is C22H29N. The van der Waals surface area contributed by atoms with Gasteiger partial charge in [-0.3, -0.25) is 4.90 Å². The Morgan fingerprint density at radius 3 is 1.96 bits per heavy atom. The predicted molar refractivity (Wildman–Crippen MR) is 102 cm³/mol. The summed E-state index contributed by atoms with van der Waals surface area (Å²) in [7, 11) is 0. The first kappa shape index (κ1) is 17.5. The van der Waals surface area contributed by atoms with Crippen LogP contribution >= 0.6 is 0 Å². The molecule has 0 N–H and O–H groups in total. The van der Waals surface area contributed by atoms with Crippen LogP contribution in [0.1, 0.15) is 37.8 Å².